The number of hydrazone groups is 1. The van der Waals surface area contributed by atoms with Gasteiger partial charge in [-0.05, 0) is 42.0 Å². The third-order valence-corrected chi connectivity index (χ3v) is 4.14. The highest BCUT2D eigenvalue weighted by molar-refractivity contribution is 9.10. The number of rotatable bonds is 3. The second-order valence-corrected chi connectivity index (χ2v) is 6.09. The van der Waals surface area contributed by atoms with Gasteiger partial charge >= 0.3 is 0 Å². The van der Waals surface area contributed by atoms with E-state index in [4.69, 9.17) is 0 Å². The summed E-state index contributed by atoms with van der Waals surface area (Å²) in [6.45, 7) is 1.89. The summed E-state index contributed by atoms with van der Waals surface area (Å²) in [7, 11) is 0. The van der Waals surface area contributed by atoms with Gasteiger partial charge in [-0.3, -0.25) is 4.79 Å². The van der Waals surface area contributed by atoms with Gasteiger partial charge in [0.05, 0.1) is 5.71 Å². The molecule has 1 N–H and O–H groups in total. The molecule has 0 atom stereocenters. The summed E-state index contributed by atoms with van der Waals surface area (Å²) in [6, 6.07) is 21.4. The van der Waals surface area contributed by atoms with Crippen LogP contribution < -0.4 is 5.43 Å². The van der Waals surface area contributed by atoms with E-state index in [0.29, 0.717) is 5.56 Å². The first-order chi connectivity index (χ1) is 11.1. The van der Waals surface area contributed by atoms with E-state index in [2.05, 4.69) is 44.7 Å². The molecule has 0 bridgehead atoms. The van der Waals surface area contributed by atoms with Crippen LogP contribution in [-0.2, 0) is 0 Å². The van der Waals surface area contributed by atoms with Crippen LogP contribution in [0.25, 0.3) is 10.8 Å². The van der Waals surface area contributed by atoms with Crippen LogP contribution in [0.4, 0.5) is 0 Å². The molecule has 0 saturated heterocycles. The molecule has 0 aromatic heterocycles. The van der Waals surface area contributed by atoms with Crippen LogP contribution in [0, 0.1) is 0 Å². The van der Waals surface area contributed by atoms with Gasteiger partial charge in [-0.15, -0.1) is 0 Å². The Morgan fingerprint density at radius 1 is 0.957 bits per heavy atom. The maximum absolute atomic E-state index is 12.1. The van der Waals surface area contributed by atoms with Crippen LogP contribution >= 0.6 is 15.9 Å². The van der Waals surface area contributed by atoms with Crippen molar-refractivity contribution in [3.05, 3.63) is 82.3 Å². The predicted octanol–water partition coefficient (Wildman–Crippen LogP) is 4.76. The number of fused-ring (bicyclic) bond motifs is 1. The summed E-state index contributed by atoms with van der Waals surface area (Å²) in [5.74, 6) is -0.225. The molecule has 23 heavy (non-hydrogen) atoms. The number of benzene rings is 3. The van der Waals surface area contributed by atoms with Gasteiger partial charge in [-0.25, -0.2) is 5.43 Å². The Balaban J connectivity index is 1.84. The topological polar surface area (TPSA) is 41.5 Å². The molecule has 1 amide bonds. The number of hydrogen-bond acceptors (Lipinski definition) is 2. The summed E-state index contributed by atoms with van der Waals surface area (Å²) >= 11 is 3.35. The Kier molecular flexibility index (Phi) is 4.53. The quantitative estimate of drug-likeness (QED) is 0.527. The van der Waals surface area contributed by atoms with Crippen LogP contribution in [-0.4, -0.2) is 11.6 Å². The predicted molar refractivity (Wildman–Crippen MR) is 97.8 cm³/mol. The maximum atomic E-state index is 12.1. The van der Waals surface area contributed by atoms with E-state index >= 15 is 0 Å². The summed E-state index contributed by atoms with van der Waals surface area (Å²) < 4.78 is 0.935. The lowest BCUT2D eigenvalue weighted by Gasteiger charge is -2.07. The monoisotopic (exact) mass is 366 g/mol. The number of carbonyl (C=O) groups excluding carboxylic acids is 1. The van der Waals surface area contributed by atoms with Gasteiger partial charge in [0.25, 0.3) is 5.91 Å². The Hall–Kier alpha value is -2.46. The smallest absolute Gasteiger partial charge is 0.267 e. The van der Waals surface area contributed by atoms with E-state index < -0.39 is 0 Å². The zero-order valence-corrected chi connectivity index (χ0v) is 14.2. The standard InChI is InChI=1S/C19H15BrN2O/c1-13(17-8-4-6-14-5-2-3-7-18(14)17)21-22-19(23)15-9-11-16(20)12-10-15/h2-12H,1H3,(H,22,23)/b21-13-. The Morgan fingerprint density at radius 3 is 2.43 bits per heavy atom. The van der Waals surface area contributed by atoms with Crippen molar-refractivity contribution in [2.45, 2.75) is 6.92 Å². The third kappa shape index (κ3) is 3.48. The van der Waals surface area contributed by atoms with Crippen LogP contribution in [0.15, 0.2) is 76.3 Å². The fraction of sp³-hybridized carbons (Fsp3) is 0.0526. The van der Waals surface area contributed by atoms with E-state index in [1.807, 2.05) is 43.3 Å². The van der Waals surface area contributed by atoms with Gasteiger partial charge < -0.3 is 0 Å². The van der Waals surface area contributed by atoms with Crippen molar-refractivity contribution < 1.29 is 4.79 Å². The maximum Gasteiger partial charge on any atom is 0.271 e. The van der Waals surface area contributed by atoms with E-state index in [-0.39, 0.29) is 5.91 Å². The first-order valence-electron chi connectivity index (χ1n) is 7.23. The number of amides is 1. The van der Waals surface area contributed by atoms with Crippen molar-refractivity contribution in [3.63, 3.8) is 0 Å². The summed E-state index contributed by atoms with van der Waals surface area (Å²) in [6.07, 6.45) is 0. The van der Waals surface area contributed by atoms with Crippen LogP contribution in [0.3, 0.4) is 0 Å². The average Bonchev–Trinajstić information content (AvgIpc) is 2.59. The second-order valence-electron chi connectivity index (χ2n) is 5.17. The lowest BCUT2D eigenvalue weighted by Crippen LogP contribution is -2.19. The molecule has 0 spiro atoms. The molecule has 0 heterocycles. The highest BCUT2D eigenvalue weighted by Gasteiger charge is 2.06. The number of nitrogens with zero attached hydrogens (tertiary/aromatic N) is 1. The van der Waals surface area contributed by atoms with Crippen LogP contribution in [0.1, 0.15) is 22.8 Å². The number of halogens is 1. The highest BCUT2D eigenvalue weighted by Crippen LogP contribution is 2.19. The SMILES string of the molecule is C/C(=N/NC(=O)c1ccc(Br)cc1)c1cccc2ccccc12. The molecule has 3 nitrogen and oxygen atoms in total. The number of hydrogen-bond donors (Lipinski definition) is 1. The fourth-order valence-corrected chi connectivity index (χ4v) is 2.67. The van der Waals surface area contributed by atoms with Gasteiger partial charge in [0.2, 0.25) is 0 Å². The van der Waals surface area contributed by atoms with E-state index in [1.165, 1.54) is 0 Å². The Labute approximate surface area is 143 Å². The normalized spacial score (nSPS) is 11.5. The third-order valence-electron chi connectivity index (χ3n) is 3.61. The molecule has 4 heteroatoms. The molecule has 0 fully saturated rings. The highest BCUT2D eigenvalue weighted by atomic mass is 79.9. The molecule has 0 radical (unpaired) electrons. The minimum atomic E-state index is -0.225. The minimum absolute atomic E-state index is 0.225. The Morgan fingerprint density at radius 2 is 1.65 bits per heavy atom. The van der Waals surface area contributed by atoms with Crippen molar-refractivity contribution in [1.82, 2.24) is 5.43 Å². The molecule has 3 aromatic rings. The Bertz CT molecular complexity index is 880. The van der Waals surface area contributed by atoms with Crippen molar-refractivity contribution in [3.8, 4) is 0 Å². The van der Waals surface area contributed by atoms with Crippen molar-refractivity contribution in [1.29, 1.82) is 0 Å². The molecule has 0 aliphatic heterocycles. The summed E-state index contributed by atoms with van der Waals surface area (Å²) in [4.78, 5) is 12.1. The van der Waals surface area contributed by atoms with E-state index in [9.17, 15) is 4.79 Å². The van der Waals surface area contributed by atoms with E-state index in [0.717, 1.165) is 26.5 Å². The lowest BCUT2D eigenvalue weighted by molar-refractivity contribution is 0.0955. The largest absolute Gasteiger partial charge is 0.271 e. The molecule has 3 rings (SSSR count). The first kappa shape index (κ1) is 15.4. The average molecular weight is 367 g/mol. The van der Waals surface area contributed by atoms with Gasteiger partial charge in [-0.2, -0.15) is 5.10 Å². The van der Waals surface area contributed by atoms with Gasteiger partial charge in [0, 0.05) is 15.6 Å². The first-order valence-corrected chi connectivity index (χ1v) is 8.03. The minimum Gasteiger partial charge on any atom is -0.267 e. The lowest BCUT2D eigenvalue weighted by atomic mass is 10.0. The zero-order chi connectivity index (χ0) is 16.2. The van der Waals surface area contributed by atoms with Gasteiger partial charge in [-0.1, -0.05) is 58.4 Å². The molecule has 0 aliphatic carbocycles. The van der Waals surface area contributed by atoms with E-state index in [1.54, 1.807) is 12.1 Å². The van der Waals surface area contributed by atoms with Crippen LogP contribution in [0.5, 0.6) is 0 Å². The molecule has 114 valence electrons. The van der Waals surface area contributed by atoms with Crippen molar-refractivity contribution >= 4 is 38.3 Å². The number of nitrogens with one attached hydrogen (secondary N) is 1. The molecule has 0 unspecified atom stereocenters. The zero-order valence-electron chi connectivity index (χ0n) is 12.6. The van der Waals surface area contributed by atoms with Gasteiger partial charge in [0.15, 0.2) is 0 Å². The van der Waals surface area contributed by atoms with Crippen molar-refractivity contribution in [2.24, 2.45) is 5.10 Å². The molecular weight excluding hydrogens is 352 g/mol. The number of carbonyl (C=O) groups is 1. The fourth-order valence-electron chi connectivity index (χ4n) is 2.40. The molecule has 3 aromatic carbocycles. The van der Waals surface area contributed by atoms with Crippen molar-refractivity contribution in [2.75, 3.05) is 0 Å². The molecule has 0 aliphatic rings. The molecular formula is C19H15BrN2O. The molecule has 0 saturated carbocycles. The summed E-state index contributed by atoms with van der Waals surface area (Å²) in [5.41, 5.74) is 4.97. The van der Waals surface area contributed by atoms with Gasteiger partial charge in [0.1, 0.15) is 0 Å². The summed E-state index contributed by atoms with van der Waals surface area (Å²) in [5, 5.41) is 6.52. The van der Waals surface area contributed by atoms with Crippen LogP contribution in [0.2, 0.25) is 0 Å². The second kappa shape index (κ2) is 6.75.